The van der Waals surface area contributed by atoms with E-state index in [1.807, 2.05) is 49.4 Å². The van der Waals surface area contributed by atoms with Crippen LogP contribution < -0.4 is 15.0 Å². The smallest absolute Gasteiger partial charge is 0.291 e. The van der Waals surface area contributed by atoms with Gasteiger partial charge in [-0.15, -0.1) is 5.10 Å². The van der Waals surface area contributed by atoms with Crippen LogP contribution in [0.25, 0.3) is 22.4 Å². The molecular formula is C22H22N4OS. The normalized spacial score (nSPS) is 12.0. The van der Waals surface area contributed by atoms with Crippen LogP contribution in [0.2, 0.25) is 0 Å². The molecule has 0 N–H and O–H groups in total. The second kappa shape index (κ2) is 7.56. The monoisotopic (exact) mass is 390 g/mol. The van der Waals surface area contributed by atoms with Crippen LogP contribution in [-0.2, 0) is 0 Å². The van der Waals surface area contributed by atoms with Gasteiger partial charge in [-0.25, -0.2) is 0 Å². The molecule has 0 bridgehead atoms. The van der Waals surface area contributed by atoms with E-state index in [2.05, 4.69) is 41.0 Å². The molecule has 0 atom stereocenters. The topological polar surface area (TPSA) is 50.5 Å². The fourth-order valence-corrected chi connectivity index (χ4v) is 4.20. The van der Waals surface area contributed by atoms with Gasteiger partial charge < -0.3 is 4.90 Å². The Morgan fingerprint density at radius 3 is 2.43 bits per heavy atom. The van der Waals surface area contributed by atoms with Crippen molar-refractivity contribution in [2.45, 2.75) is 20.8 Å². The van der Waals surface area contributed by atoms with Crippen molar-refractivity contribution >= 4 is 28.1 Å². The number of fused-ring (bicyclic) bond motifs is 1. The minimum Gasteiger partial charge on any atom is -0.372 e. The third kappa shape index (κ3) is 3.31. The average Bonchev–Trinajstić information content (AvgIpc) is 3.24. The molecule has 0 radical (unpaired) electrons. The van der Waals surface area contributed by atoms with Gasteiger partial charge >= 0.3 is 0 Å². The van der Waals surface area contributed by atoms with E-state index >= 15 is 0 Å². The Hall–Kier alpha value is -2.99. The highest BCUT2D eigenvalue weighted by molar-refractivity contribution is 7.15. The van der Waals surface area contributed by atoms with Crippen LogP contribution in [0.1, 0.15) is 25.0 Å². The van der Waals surface area contributed by atoms with E-state index in [1.165, 1.54) is 21.5 Å². The van der Waals surface area contributed by atoms with Gasteiger partial charge in [0, 0.05) is 24.3 Å². The van der Waals surface area contributed by atoms with Gasteiger partial charge in [0.1, 0.15) is 0 Å². The van der Waals surface area contributed by atoms with E-state index in [1.54, 1.807) is 0 Å². The van der Waals surface area contributed by atoms with Crippen molar-refractivity contribution < 1.29 is 0 Å². The van der Waals surface area contributed by atoms with Crippen LogP contribution in [0, 0.1) is 6.92 Å². The summed E-state index contributed by atoms with van der Waals surface area (Å²) in [4.78, 5) is 20.2. The molecule has 4 aromatic rings. The molecule has 0 spiro atoms. The molecule has 0 fully saturated rings. The number of hydrogen-bond acceptors (Lipinski definition) is 5. The van der Waals surface area contributed by atoms with E-state index in [-0.39, 0.29) is 5.56 Å². The summed E-state index contributed by atoms with van der Waals surface area (Å²) in [5.41, 5.74) is 4.11. The second-order valence-corrected chi connectivity index (χ2v) is 7.63. The number of thiazole rings is 1. The van der Waals surface area contributed by atoms with Crippen molar-refractivity contribution in [2.75, 3.05) is 18.0 Å². The predicted octanol–water partition coefficient (Wildman–Crippen LogP) is 3.52. The third-order valence-corrected chi connectivity index (χ3v) is 5.85. The minimum atomic E-state index is -0.125. The molecule has 5 nitrogen and oxygen atoms in total. The molecule has 4 rings (SSSR count). The molecule has 0 aliphatic carbocycles. The highest BCUT2D eigenvalue weighted by atomic mass is 32.1. The zero-order valence-electron chi connectivity index (χ0n) is 16.2. The van der Waals surface area contributed by atoms with Gasteiger partial charge in [-0.3, -0.25) is 4.79 Å². The Bertz CT molecular complexity index is 1220. The molecule has 0 aliphatic rings. The molecule has 0 aliphatic heterocycles. The maximum atomic E-state index is 12.8. The number of nitrogens with zero attached hydrogens (tertiary/aromatic N) is 4. The molecule has 6 heteroatoms. The molecule has 0 amide bonds. The van der Waals surface area contributed by atoms with Gasteiger partial charge in [0.15, 0.2) is 5.82 Å². The van der Waals surface area contributed by atoms with Crippen molar-refractivity contribution in [1.29, 1.82) is 0 Å². The van der Waals surface area contributed by atoms with Crippen LogP contribution in [0.5, 0.6) is 0 Å². The molecule has 2 aromatic heterocycles. The Kier molecular flexibility index (Phi) is 4.96. The van der Waals surface area contributed by atoms with Gasteiger partial charge in [0.05, 0.1) is 4.53 Å². The van der Waals surface area contributed by atoms with Gasteiger partial charge in [-0.2, -0.15) is 9.50 Å². The third-order valence-electron chi connectivity index (χ3n) is 4.89. The summed E-state index contributed by atoms with van der Waals surface area (Å²) >= 11 is 1.37. The maximum Gasteiger partial charge on any atom is 0.291 e. The number of aromatic nitrogens is 3. The second-order valence-electron chi connectivity index (χ2n) is 6.62. The summed E-state index contributed by atoms with van der Waals surface area (Å²) < 4.78 is 2.05. The summed E-state index contributed by atoms with van der Waals surface area (Å²) in [6, 6.07) is 16.2. The molecule has 0 saturated heterocycles. The van der Waals surface area contributed by atoms with E-state index in [4.69, 9.17) is 0 Å². The quantitative estimate of drug-likeness (QED) is 0.523. The molecule has 0 saturated carbocycles. The Balaban J connectivity index is 1.70. The van der Waals surface area contributed by atoms with E-state index in [0.717, 1.165) is 29.8 Å². The summed E-state index contributed by atoms with van der Waals surface area (Å²) in [5.74, 6) is 0.594. The molecule has 28 heavy (non-hydrogen) atoms. The first-order chi connectivity index (χ1) is 13.6. The highest BCUT2D eigenvalue weighted by Crippen LogP contribution is 2.20. The van der Waals surface area contributed by atoms with E-state index in [0.29, 0.717) is 15.3 Å². The fraction of sp³-hybridized carbons (Fsp3) is 0.227. The van der Waals surface area contributed by atoms with Crippen LogP contribution >= 0.6 is 11.3 Å². The lowest BCUT2D eigenvalue weighted by Crippen LogP contribution is -2.23. The van der Waals surface area contributed by atoms with E-state index in [9.17, 15) is 4.79 Å². The lowest BCUT2D eigenvalue weighted by molar-refractivity contribution is 0.866. The first kappa shape index (κ1) is 18.4. The minimum absolute atomic E-state index is 0.125. The largest absolute Gasteiger partial charge is 0.372 e. The SMILES string of the molecule is CCN(CC)c1ccc(/C=c2\sc3nc(-c4ccccc4C)nn3c2=O)cc1. The van der Waals surface area contributed by atoms with Crippen LogP contribution in [-0.4, -0.2) is 27.7 Å². The first-order valence-corrected chi connectivity index (χ1v) is 10.2. The van der Waals surface area contributed by atoms with Crippen molar-refractivity contribution in [3.8, 4) is 11.4 Å². The molecule has 2 heterocycles. The summed E-state index contributed by atoms with van der Waals surface area (Å²) in [6.45, 7) is 8.26. The molecular weight excluding hydrogens is 368 g/mol. The maximum absolute atomic E-state index is 12.8. The van der Waals surface area contributed by atoms with Crippen LogP contribution in [0.15, 0.2) is 53.3 Å². The zero-order chi connectivity index (χ0) is 19.7. The average molecular weight is 391 g/mol. The van der Waals surface area contributed by atoms with Gasteiger partial charge in [-0.05, 0) is 50.1 Å². The highest BCUT2D eigenvalue weighted by Gasteiger charge is 2.13. The Morgan fingerprint density at radius 1 is 1.07 bits per heavy atom. The standard InChI is InChI=1S/C22H22N4OS/c1-4-25(5-2)17-12-10-16(11-13-17)14-19-21(27)26-22(28-19)23-20(24-26)18-9-7-6-8-15(18)3/h6-14H,4-5H2,1-3H3/b19-14-. The zero-order valence-corrected chi connectivity index (χ0v) is 17.0. The van der Waals surface area contributed by atoms with Crippen molar-refractivity contribution in [3.63, 3.8) is 0 Å². The summed E-state index contributed by atoms with van der Waals surface area (Å²) in [6.07, 6.45) is 1.91. The van der Waals surface area contributed by atoms with Crippen molar-refractivity contribution in [1.82, 2.24) is 14.6 Å². The van der Waals surface area contributed by atoms with Gasteiger partial charge in [-0.1, -0.05) is 47.7 Å². The van der Waals surface area contributed by atoms with Crippen molar-refractivity contribution in [2.24, 2.45) is 0 Å². The molecule has 0 unspecified atom stereocenters. The van der Waals surface area contributed by atoms with Gasteiger partial charge in [0.2, 0.25) is 4.96 Å². The fourth-order valence-electron chi connectivity index (χ4n) is 3.29. The van der Waals surface area contributed by atoms with Gasteiger partial charge in [0.25, 0.3) is 5.56 Å². The Morgan fingerprint density at radius 2 is 1.79 bits per heavy atom. The lowest BCUT2D eigenvalue weighted by Gasteiger charge is -2.20. The van der Waals surface area contributed by atoms with E-state index < -0.39 is 0 Å². The number of anilines is 1. The van der Waals surface area contributed by atoms with Crippen molar-refractivity contribution in [3.05, 3.63) is 74.5 Å². The Labute approximate surface area is 167 Å². The summed E-state index contributed by atoms with van der Waals surface area (Å²) in [7, 11) is 0. The number of benzene rings is 2. The van der Waals surface area contributed by atoms with Crippen LogP contribution in [0.4, 0.5) is 5.69 Å². The van der Waals surface area contributed by atoms with Crippen LogP contribution in [0.3, 0.4) is 0 Å². The number of hydrogen-bond donors (Lipinski definition) is 0. The molecule has 142 valence electrons. The summed E-state index contributed by atoms with van der Waals surface area (Å²) in [5, 5.41) is 4.44. The first-order valence-electron chi connectivity index (χ1n) is 9.43. The molecule has 2 aromatic carbocycles. The number of rotatable bonds is 5. The number of aryl methyl sites for hydroxylation is 1. The lowest BCUT2D eigenvalue weighted by atomic mass is 10.1. The predicted molar refractivity (Wildman–Crippen MR) is 116 cm³/mol.